The van der Waals surface area contributed by atoms with E-state index in [-0.39, 0.29) is 11.6 Å². The summed E-state index contributed by atoms with van der Waals surface area (Å²) in [5, 5.41) is 15.8. The molecule has 0 aliphatic carbocycles. The van der Waals surface area contributed by atoms with Gasteiger partial charge in [0, 0.05) is 36.9 Å². The first-order valence-electron chi connectivity index (χ1n) is 10.8. The first-order chi connectivity index (χ1) is 15.9. The maximum atomic E-state index is 13.5. The van der Waals surface area contributed by atoms with Crippen molar-refractivity contribution < 1.29 is 19.2 Å². The zero-order valence-electron chi connectivity index (χ0n) is 18.9. The van der Waals surface area contributed by atoms with E-state index >= 15 is 0 Å². The Morgan fingerprint density at radius 1 is 1.06 bits per heavy atom. The topological polar surface area (TPSA) is 99.7 Å². The molecular weight excluding hydrogens is 424 g/mol. The first kappa shape index (κ1) is 22.3. The number of rotatable bonds is 6. The predicted octanol–water partition coefficient (Wildman–Crippen LogP) is 4.34. The van der Waals surface area contributed by atoms with Crippen molar-refractivity contribution in [3.63, 3.8) is 0 Å². The summed E-state index contributed by atoms with van der Waals surface area (Å²) in [7, 11) is 3.14. The molecule has 0 saturated carbocycles. The van der Waals surface area contributed by atoms with Crippen molar-refractivity contribution in [2.45, 2.75) is 19.8 Å². The molecule has 3 aromatic rings. The molecule has 172 valence electrons. The molecule has 1 amide bonds. The van der Waals surface area contributed by atoms with E-state index in [9.17, 15) is 14.9 Å². The quantitative estimate of drug-likeness (QED) is 0.409. The Hall–Kier alpha value is -3.88. The van der Waals surface area contributed by atoms with Gasteiger partial charge in [0.25, 0.3) is 11.6 Å². The molecule has 0 atom stereocenters. The lowest BCUT2D eigenvalue weighted by atomic mass is 9.99. The Kier molecular flexibility index (Phi) is 6.30. The third-order valence-corrected chi connectivity index (χ3v) is 5.99. The molecule has 1 aromatic heterocycles. The largest absolute Gasteiger partial charge is 0.497 e. The van der Waals surface area contributed by atoms with Crippen molar-refractivity contribution in [1.82, 2.24) is 14.7 Å². The number of aromatic nitrogens is 2. The Morgan fingerprint density at radius 2 is 1.76 bits per heavy atom. The average molecular weight is 450 g/mol. The molecule has 2 heterocycles. The summed E-state index contributed by atoms with van der Waals surface area (Å²) in [6, 6.07) is 13.1. The number of benzene rings is 2. The van der Waals surface area contributed by atoms with Gasteiger partial charge in [-0.3, -0.25) is 14.9 Å². The third-order valence-electron chi connectivity index (χ3n) is 5.99. The van der Waals surface area contributed by atoms with Crippen molar-refractivity contribution in [3.05, 3.63) is 64.3 Å². The summed E-state index contributed by atoms with van der Waals surface area (Å²) in [6.45, 7) is 3.57. The zero-order chi connectivity index (χ0) is 23.5. The Balaban J connectivity index is 1.79. The third kappa shape index (κ3) is 4.52. The van der Waals surface area contributed by atoms with Crippen molar-refractivity contribution in [2.75, 3.05) is 27.3 Å². The van der Waals surface area contributed by atoms with Gasteiger partial charge in [0.2, 0.25) is 0 Å². The lowest BCUT2D eigenvalue weighted by Crippen LogP contribution is -2.38. The van der Waals surface area contributed by atoms with Gasteiger partial charge >= 0.3 is 0 Å². The second kappa shape index (κ2) is 9.32. The summed E-state index contributed by atoms with van der Waals surface area (Å²) in [5.41, 5.74) is 2.20. The summed E-state index contributed by atoms with van der Waals surface area (Å²) in [5.74, 6) is 1.68. The van der Waals surface area contributed by atoms with Crippen LogP contribution in [0.5, 0.6) is 11.5 Å². The lowest BCUT2D eigenvalue weighted by molar-refractivity contribution is -0.384. The van der Waals surface area contributed by atoms with E-state index in [1.54, 1.807) is 49.2 Å². The number of ether oxygens (including phenoxy) is 2. The highest BCUT2D eigenvalue weighted by Gasteiger charge is 2.26. The van der Waals surface area contributed by atoms with Gasteiger partial charge in [0.05, 0.1) is 30.5 Å². The maximum Gasteiger partial charge on any atom is 0.272 e. The summed E-state index contributed by atoms with van der Waals surface area (Å²) < 4.78 is 12.4. The number of methoxy groups -OCH3 is 2. The van der Waals surface area contributed by atoms with Gasteiger partial charge in [0.1, 0.15) is 17.2 Å². The molecule has 2 aromatic carbocycles. The minimum atomic E-state index is -0.457. The van der Waals surface area contributed by atoms with Crippen LogP contribution in [0.25, 0.3) is 16.9 Å². The standard InChI is InChI=1S/C24H26N4O5/c1-16-10-12-26(13-11-16)24(29)22-15-21(20-9-8-19(32-2)14-23(20)33-3)25-27(22)17-4-6-18(7-5-17)28(30)31/h4-9,14-16H,10-13H2,1-3H3. The fourth-order valence-electron chi connectivity index (χ4n) is 3.96. The van der Waals surface area contributed by atoms with Crippen molar-refractivity contribution in [2.24, 2.45) is 5.92 Å². The van der Waals surface area contributed by atoms with Crippen LogP contribution in [0.3, 0.4) is 0 Å². The van der Waals surface area contributed by atoms with E-state index in [1.807, 2.05) is 11.0 Å². The average Bonchev–Trinajstić information content (AvgIpc) is 3.29. The van der Waals surface area contributed by atoms with Gasteiger partial charge in [-0.2, -0.15) is 5.10 Å². The fourth-order valence-corrected chi connectivity index (χ4v) is 3.96. The minimum Gasteiger partial charge on any atom is -0.497 e. The number of amides is 1. The molecule has 0 unspecified atom stereocenters. The first-order valence-corrected chi connectivity index (χ1v) is 10.8. The maximum absolute atomic E-state index is 13.5. The number of nitro groups is 1. The van der Waals surface area contributed by atoms with Crippen LogP contribution in [-0.2, 0) is 0 Å². The number of piperidine rings is 1. The van der Waals surface area contributed by atoms with Crippen LogP contribution in [0.2, 0.25) is 0 Å². The van der Waals surface area contributed by atoms with E-state index in [1.165, 1.54) is 12.1 Å². The number of carbonyl (C=O) groups excluding carboxylic acids is 1. The monoisotopic (exact) mass is 450 g/mol. The van der Waals surface area contributed by atoms with Crippen LogP contribution >= 0.6 is 0 Å². The normalized spacial score (nSPS) is 14.2. The molecule has 4 rings (SSSR count). The van der Waals surface area contributed by atoms with Crippen LogP contribution in [0.15, 0.2) is 48.5 Å². The Morgan fingerprint density at radius 3 is 2.36 bits per heavy atom. The van der Waals surface area contributed by atoms with Crippen molar-refractivity contribution in [3.8, 4) is 28.4 Å². The van der Waals surface area contributed by atoms with Crippen LogP contribution in [0.1, 0.15) is 30.3 Å². The number of non-ortho nitro benzene ring substituents is 1. The van der Waals surface area contributed by atoms with Gasteiger partial charge in [-0.05, 0) is 49.1 Å². The predicted molar refractivity (Wildman–Crippen MR) is 123 cm³/mol. The minimum absolute atomic E-state index is 0.0270. The number of carbonyl (C=O) groups is 1. The van der Waals surface area contributed by atoms with E-state index in [0.717, 1.165) is 12.8 Å². The molecule has 1 aliphatic heterocycles. The van der Waals surface area contributed by atoms with Gasteiger partial charge < -0.3 is 14.4 Å². The number of nitrogens with zero attached hydrogens (tertiary/aromatic N) is 4. The number of hydrogen-bond acceptors (Lipinski definition) is 6. The van der Waals surface area contributed by atoms with Crippen LogP contribution in [0, 0.1) is 16.0 Å². The summed E-state index contributed by atoms with van der Waals surface area (Å²) in [4.78, 5) is 25.9. The number of hydrogen-bond donors (Lipinski definition) is 0. The summed E-state index contributed by atoms with van der Waals surface area (Å²) in [6.07, 6.45) is 1.91. The van der Waals surface area contributed by atoms with Crippen molar-refractivity contribution >= 4 is 11.6 Å². The van der Waals surface area contributed by atoms with Gasteiger partial charge in [-0.1, -0.05) is 6.92 Å². The van der Waals surface area contributed by atoms with E-state index in [4.69, 9.17) is 14.6 Å². The Bertz CT molecular complexity index is 1160. The van der Waals surface area contributed by atoms with E-state index < -0.39 is 4.92 Å². The van der Waals surface area contributed by atoms with Gasteiger partial charge in [-0.25, -0.2) is 4.68 Å². The second-order valence-electron chi connectivity index (χ2n) is 8.14. The number of likely N-dealkylation sites (tertiary alicyclic amines) is 1. The van der Waals surface area contributed by atoms with E-state index in [0.29, 0.717) is 53.1 Å². The highest BCUT2D eigenvalue weighted by molar-refractivity contribution is 5.94. The molecule has 0 spiro atoms. The molecule has 33 heavy (non-hydrogen) atoms. The fraction of sp³-hybridized carbons (Fsp3) is 0.333. The van der Waals surface area contributed by atoms with Gasteiger partial charge in [0.15, 0.2) is 0 Å². The van der Waals surface area contributed by atoms with Crippen LogP contribution in [0.4, 0.5) is 5.69 Å². The highest BCUT2D eigenvalue weighted by Crippen LogP contribution is 2.34. The molecule has 0 N–H and O–H groups in total. The molecule has 1 fully saturated rings. The molecule has 1 aliphatic rings. The molecule has 9 heteroatoms. The molecule has 1 saturated heterocycles. The summed E-state index contributed by atoms with van der Waals surface area (Å²) >= 11 is 0. The van der Waals surface area contributed by atoms with Gasteiger partial charge in [-0.15, -0.1) is 0 Å². The van der Waals surface area contributed by atoms with Crippen LogP contribution < -0.4 is 9.47 Å². The SMILES string of the molecule is COc1ccc(-c2cc(C(=O)N3CCC(C)CC3)n(-c3ccc([N+](=O)[O-])cc3)n2)c(OC)c1. The Labute approximate surface area is 191 Å². The molecule has 0 radical (unpaired) electrons. The molecule has 0 bridgehead atoms. The zero-order valence-corrected chi connectivity index (χ0v) is 18.9. The van der Waals surface area contributed by atoms with E-state index in [2.05, 4.69) is 6.92 Å². The van der Waals surface area contributed by atoms with Crippen molar-refractivity contribution in [1.29, 1.82) is 0 Å². The van der Waals surface area contributed by atoms with Crippen LogP contribution in [-0.4, -0.2) is 52.8 Å². The smallest absolute Gasteiger partial charge is 0.272 e. The number of nitro benzene ring substituents is 1. The molecule has 9 nitrogen and oxygen atoms in total. The molecular formula is C24H26N4O5. The second-order valence-corrected chi connectivity index (χ2v) is 8.14. The highest BCUT2D eigenvalue weighted by atomic mass is 16.6. The lowest BCUT2D eigenvalue weighted by Gasteiger charge is -2.30.